The summed E-state index contributed by atoms with van der Waals surface area (Å²) in [7, 11) is 3.45. The van der Waals surface area contributed by atoms with E-state index in [4.69, 9.17) is 4.74 Å². The molecule has 0 atom stereocenters. The third-order valence-corrected chi connectivity index (χ3v) is 3.01. The minimum atomic E-state index is -0.0654. The van der Waals surface area contributed by atoms with Gasteiger partial charge in [-0.3, -0.25) is 9.48 Å². The minimum Gasteiger partial charge on any atom is -0.497 e. The van der Waals surface area contributed by atoms with Crippen molar-refractivity contribution in [1.82, 2.24) is 9.78 Å². The maximum absolute atomic E-state index is 12.0. The zero-order valence-corrected chi connectivity index (χ0v) is 11.3. The standard InChI is InChI=1S/C14H17N3O2/c1-10-13(9-15-17(10)2)16-14(18)8-11-5-4-6-12(7-11)19-3/h4-7,9H,8H2,1-3H3,(H,16,18). The van der Waals surface area contributed by atoms with Crippen molar-refractivity contribution in [2.75, 3.05) is 12.4 Å². The molecule has 1 N–H and O–H groups in total. The molecule has 0 spiro atoms. The van der Waals surface area contributed by atoms with E-state index in [0.717, 1.165) is 22.7 Å². The molecule has 0 radical (unpaired) electrons. The molecule has 100 valence electrons. The van der Waals surface area contributed by atoms with Crippen LogP contribution in [-0.2, 0) is 18.3 Å². The van der Waals surface area contributed by atoms with E-state index in [9.17, 15) is 4.79 Å². The Kier molecular flexibility index (Phi) is 3.85. The summed E-state index contributed by atoms with van der Waals surface area (Å²) < 4.78 is 6.86. The van der Waals surface area contributed by atoms with Gasteiger partial charge in [-0.15, -0.1) is 0 Å². The second-order valence-corrected chi connectivity index (χ2v) is 4.34. The van der Waals surface area contributed by atoms with Crippen molar-refractivity contribution in [3.05, 3.63) is 41.7 Å². The Bertz CT molecular complexity index is 590. The number of aryl methyl sites for hydroxylation is 1. The van der Waals surface area contributed by atoms with E-state index in [0.29, 0.717) is 6.42 Å². The quantitative estimate of drug-likeness (QED) is 0.912. The number of carbonyl (C=O) groups is 1. The number of rotatable bonds is 4. The molecule has 2 aromatic rings. The highest BCUT2D eigenvalue weighted by atomic mass is 16.5. The molecule has 2 rings (SSSR count). The summed E-state index contributed by atoms with van der Waals surface area (Å²) in [5, 5.41) is 6.94. The van der Waals surface area contributed by atoms with Gasteiger partial charge in [0.15, 0.2) is 0 Å². The summed E-state index contributed by atoms with van der Waals surface area (Å²) in [6.45, 7) is 1.91. The summed E-state index contributed by atoms with van der Waals surface area (Å²) in [6, 6.07) is 7.48. The summed E-state index contributed by atoms with van der Waals surface area (Å²) >= 11 is 0. The van der Waals surface area contributed by atoms with Crippen LogP contribution in [0.5, 0.6) is 5.75 Å². The maximum atomic E-state index is 12.0. The van der Waals surface area contributed by atoms with Crippen LogP contribution in [0.4, 0.5) is 5.69 Å². The number of nitrogens with zero attached hydrogens (tertiary/aromatic N) is 2. The zero-order valence-electron chi connectivity index (χ0n) is 11.3. The number of hydrogen-bond donors (Lipinski definition) is 1. The largest absolute Gasteiger partial charge is 0.497 e. The fourth-order valence-electron chi connectivity index (χ4n) is 1.78. The van der Waals surface area contributed by atoms with E-state index in [2.05, 4.69) is 10.4 Å². The van der Waals surface area contributed by atoms with Gasteiger partial charge in [-0.1, -0.05) is 12.1 Å². The van der Waals surface area contributed by atoms with Crippen LogP contribution in [-0.4, -0.2) is 22.8 Å². The Morgan fingerprint density at radius 3 is 2.89 bits per heavy atom. The molecule has 1 aromatic heterocycles. The Balaban J connectivity index is 2.03. The van der Waals surface area contributed by atoms with Crippen molar-refractivity contribution in [3.8, 4) is 5.75 Å². The van der Waals surface area contributed by atoms with Gasteiger partial charge in [-0.2, -0.15) is 5.10 Å². The van der Waals surface area contributed by atoms with E-state index in [1.54, 1.807) is 18.0 Å². The molecular formula is C14H17N3O2. The van der Waals surface area contributed by atoms with Crippen molar-refractivity contribution in [3.63, 3.8) is 0 Å². The lowest BCUT2D eigenvalue weighted by atomic mass is 10.1. The number of carbonyl (C=O) groups excluding carboxylic acids is 1. The van der Waals surface area contributed by atoms with Crippen molar-refractivity contribution < 1.29 is 9.53 Å². The Morgan fingerprint density at radius 2 is 2.26 bits per heavy atom. The van der Waals surface area contributed by atoms with E-state index < -0.39 is 0 Å². The first-order valence-corrected chi connectivity index (χ1v) is 6.01. The molecule has 1 amide bonds. The van der Waals surface area contributed by atoms with Crippen LogP contribution in [0.15, 0.2) is 30.5 Å². The van der Waals surface area contributed by atoms with Crippen LogP contribution >= 0.6 is 0 Å². The fraction of sp³-hybridized carbons (Fsp3) is 0.286. The van der Waals surface area contributed by atoms with Gasteiger partial charge in [0.25, 0.3) is 0 Å². The second-order valence-electron chi connectivity index (χ2n) is 4.34. The van der Waals surface area contributed by atoms with Gasteiger partial charge in [0.2, 0.25) is 5.91 Å². The predicted octanol–water partition coefficient (Wildman–Crippen LogP) is 1.92. The molecule has 0 aliphatic carbocycles. The third kappa shape index (κ3) is 3.13. The average molecular weight is 259 g/mol. The first kappa shape index (κ1) is 13.1. The molecule has 0 saturated carbocycles. The normalized spacial score (nSPS) is 10.3. The molecule has 19 heavy (non-hydrogen) atoms. The molecule has 0 saturated heterocycles. The highest BCUT2D eigenvalue weighted by Gasteiger charge is 2.09. The number of anilines is 1. The summed E-state index contributed by atoms with van der Waals surface area (Å²) in [5.41, 5.74) is 2.59. The summed E-state index contributed by atoms with van der Waals surface area (Å²) in [6.07, 6.45) is 1.96. The highest BCUT2D eigenvalue weighted by Crippen LogP contribution is 2.15. The number of nitrogens with one attached hydrogen (secondary N) is 1. The average Bonchev–Trinajstić information content (AvgIpc) is 2.71. The molecule has 1 heterocycles. The molecule has 0 aliphatic rings. The van der Waals surface area contributed by atoms with Crippen molar-refractivity contribution in [2.45, 2.75) is 13.3 Å². The van der Waals surface area contributed by atoms with Crippen LogP contribution in [0.2, 0.25) is 0 Å². The van der Waals surface area contributed by atoms with Crippen LogP contribution in [0.3, 0.4) is 0 Å². The highest BCUT2D eigenvalue weighted by molar-refractivity contribution is 5.92. The first-order valence-electron chi connectivity index (χ1n) is 6.01. The van der Waals surface area contributed by atoms with Crippen molar-refractivity contribution in [2.24, 2.45) is 7.05 Å². The van der Waals surface area contributed by atoms with E-state index in [1.807, 2.05) is 38.2 Å². The fourth-order valence-corrected chi connectivity index (χ4v) is 1.78. The van der Waals surface area contributed by atoms with Crippen LogP contribution in [0.1, 0.15) is 11.3 Å². The van der Waals surface area contributed by atoms with Gasteiger partial charge in [0.05, 0.1) is 31.1 Å². The van der Waals surface area contributed by atoms with Crippen LogP contribution in [0, 0.1) is 6.92 Å². The maximum Gasteiger partial charge on any atom is 0.228 e. The van der Waals surface area contributed by atoms with Gasteiger partial charge in [0.1, 0.15) is 5.75 Å². The van der Waals surface area contributed by atoms with Crippen LogP contribution in [0.25, 0.3) is 0 Å². The van der Waals surface area contributed by atoms with Gasteiger partial charge in [-0.25, -0.2) is 0 Å². The molecule has 0 aliphatic heterocycles. The predicted molar refractivity (Wildman–Crippen MR) is 73.3 cm³/mol. The number of amides is 1. The monoisotopic (exact) mass is 259 g/mol. The van der Waals surface area contributed by atoms with E-state index >= 15 is 0 Å². The SMILES string of the molecule is COc1cccc(CC(=O)Nc2cnn(C)c2C)c1. The third-order valence-electron chi connectivity index (χ3n) is 3.01. The minimum absolute atomic E-state index is 0.0654. The Morgan fingerprint density at radius 1 is 1.47 bits per heavy atom. The van der Waals surface area contributed by atoms with Crippen molar-refractivity contribution in [1.29, 1.82) is 0 Å². The molecule has 5 heteroatoms. The second kappa shape index (κ2) is 5.56. The number of ether oxygens (including phenoxy) is 1. The molecule has 5 nitrogen and oxygen atoms in total. The molecule has 1 aromatic carbocycles. The number of benzene rings is 1. The van der Waals surface area contributed by atoms with Gasteiger partial charge in [-0.05, 0) is 24.6 Å². The zero-order chi connectivity index (χ0) is 13.8. The molecule has 0 fully saturated rings. The summed E-state index contributed by atoms with van der Waals surface area (Å²) in [5.74, 6) is 0.687. The van der Waals surface area contributed by atoms with Crippen molar-refractivity contribution >= 4 is 11.6 Å². The number of aromatic nitrogens is 2. The molecular weight excluding hydrogens is 242 g/mol. The smallest absolute Gasteiger partial charge is 0.228 e. The Labute approximate surface area is 112 Å². The lowest BCUT2D eigenvalue weighted by molar-refractivity contribution is -0.115. The van der Waals surface area contributed by atoms with E-state index in [-0.39, 0.29) is 5.91 Å². The molecule has 0 unspecified atom stereocenters. The molecule has 0 bridgehead atoms. The first-order chi connectivity index (χ1) is 9.10. The lowest BCUT2D eigenvalue weighted by Crippen LogP contribution is -2.14. The number of hydrogen-bond acceptors (Lipinski definition) is 3. The van der Waals surface area contributed by atoms with Gasteiger partial charge < -0.3 is 10.1 Å². The lowest BCUT2D eigenvalue weighted by Gasteiger charge is -2.06. The topological polar surface area (TPSA) is 56.1 Å². The Hall–Kier alpha value is -2.30. The van der Waals surface area contributed by atoms with Gasteiger partial charge >= 0.3 is 0 Å². The van der Waals surface area contributed by atoms with E-state index in [1.165, 1.54) is 0 Å². The van der Waals surface area contributed by atoms with Gasteiger partial charge in [0, 0.05) is 7.05 Å². The summed E-state index contributed by atoms with van der Waals surface area (Å²) in [4.78, 5) is 12.0. The number of methoxy groups -OCH3 is 1. The van der Waals surface area contributed by atoms with Crippen LogP contribution < -0.4 is 10.1 Å².